The van der Waals surface area contributed by atoms with Crippen molar-refractivity contribution in [3.63, 3.8) is 0 Å². The summed E-state index contributed by atoms with van der Waals surface area (Å²) in [5.41, 5.74) is 1.95. The highest BCUT2D eigenvalue weighted by Gasteiger charge is 2.24. The number of aromatic nitrogens is 2. The van der Waals surface area contributed by atoms with Gasteiger partial charge in [-0.2, -0.15) is 5.26 Å². The zero-order valence-corrected chi connectivity index (χ0v) is 19.8. The van der Waals surface area contributed by atoms with Gasteiger partial charge in [0.25, 0.3) is 0 Å². The van der Waals surface area contributed by atoms with Gasteiger partial charge in [0.15, 0.2) is 0 Å². The average Bonchev–Trinajstić information content (AvgIpc) is 2.85. The topological polar surface area (TPSA) is 58.8 Å². The molecule has 4 heteroatoms. The predicted octanol–water partition coefficient (Wildman–Crippen LogP) is 7.38. The van der Waals surface area contributed by atoms with Gasteiger partial charge in [-0.15, -0.1) is 0 Å². The minimum atomic E-state index is 0.485. The number of aryl methyl sites for hydroxylation is 1. The number of nitrogens with zero attached hydrogens (tertiary/aromatic N) is 3. The van der Waals surface area contributed by atoms with Crippen LogP contribution in [0.25, 0.3) is 0 Å². The van der Waals surface area contributed by atoms with Crippen LogP contribution < -0.4 is 4.74 Å². The van der Waals surface area contributed by atoms with Crippen LogP contribution in [-0.4, -0.2) is 16.6 Å². The summed E-state index contributed by atoms with van der Waals surface area (Å²) in [5.74, 6) is 2.94. The summed E-state index contributed by atoms with van der Waals surface area (Å²) >= 11 is 0. The first-order valence-electron chi connectivity index (χ1n) is 12.7. The summed E-state index contributed by atoms with van der Waals surface area (Å²) in [6.45, 7) is 3.02. The molecule has 0 radical (unpaired) electrons. The molecule has 0 atom stereocenters. The van der Waals surface area contributed by atoms with E-state index in [-0.39, 0.29) is 0 Å². The highest BCUT2D eigenvalue weighted by atomic mass is 16.5. The van der Waals surface area contributed by atoms with Crippen LogP contribution in [0.2, 0.25) is 0 Å². The highest BCUT2D eigenvalue weighted by molar-refractivity contribution is 5.34. The van der Waals surface area contributed by atoms with E-state index < -0.39 is 0 Å². The maximum Gasteiger partial charge on any atom is 0.131 e. The Balaban J connectivity index is 1.31. The fourth-order valence-electron chi connectivity index (χ4n) is 4.59. The molecule has 172 valence electrons. The van der Waals surface area contributed by atoms with Crippen LogP contribution in [-0.2, 0) is 6.42 Å². The van der Waals surface area contributed by atoms with Gasteiger partial charge in [-0.3, -0.25) is 0 Å². The van der Waals surface area contributed by atoms with Gasteiger partial charge in [-0.05, 0) is 74.3 Å². The Morgan fingerprint density at radius 3 is 2.12 bits per heavy atom. The van der Waals surface area contributed by atoms with Crippen molar-refractivity contribution < 1.29 is 4.74 Å². The van der Waals surface area contributed by atoms with E-state index in [4.69, 9.17) is 20.0 Å². The number of unbranched alkanes of at least 4 members (excludes halogenated alkanes) is 7. The monoisotopic (exact) mass is 433 g/mol. The number of hydrogen-bond donors (Lipinski definition) is 0. The van der Waals surface area contributed by atoms with Gasteiger partial charge < -0.3 is 4.74 Å². The first kappa shape index (κ1) is 24.2. The molecular formula is C28H39N3O. The Hall–Kier alpha value is -2.41. The van der Waals surface area contributed by atoms with E-state index in [0.717, 1.165) is 50.3 Å². The summed E-state index contributed by atoms with van der Waals surface area (Å²) in [6, 6.07) is 9.52. The minimum Gasteiger partial charge on any atom is -0.493 e. The molecule has 4 nitrogen and oxygen atoms in total. The maximum atomic E-state index is 8.88. The Kier molecular flexibility index (Phi) is 10.5. The average molecular weight is 434 g/mol. The summed E-state index contributed by atoms with van der Waals surface area (Å²) < 4.78 is 5.94. The second-order valence-corrected chi connectivity index (χ2v) is 9.34. The summed E-state index contributed by atoms with van der Waals surface area (Å²) in [4.78, 5) is 9.43. The molecule has 2 aromatic rings. The number of nitriles is 1. The smallest absolute Gasteiger partial charge is 0.131 e. The van der Waals surface area contributed by atoms with Gasteiger partial charge in [0.1, 0.15) is 11.6 Å². The number of ether oxygens (including phenoxy) is 1. The van der Waals surface area contributed by atoms with Crippen molar-refractivity contribution in [3.8, 4) is 11.8 Å². The van der Waals surface area contributed by atoms with Crippen LogP contribution in [0.1, 0.15) is 107 Å². The normalized spacial score (nSPS) is 18.2. The van der Waals surface area contributed by atoms with Crippen molar-refractivity contribution in [1.29, 1.82) is 5.26 Å². The Morgan fingerprint density at radius 2 is 1.50 bits per heavy atom. The molecule has 0 spiro atoms. The lowest BCUT2D eigenvalue weighted by molar-refractivity contribution is 0.198. The molecule has 1 aliphatic rings. The van der Waals surface area contributed by atoms with Crippen molar-refractivity contribution in [2.45, 2.75) is 96.3 Å². The van der Waals surface area contributed by atoms with Crippen LogP contribution in [0.15, 0.2) is 36.7 Å². The van der Waals surface area contributed by atoms with E-state index in [9.17, 15) is 0 Å². The number of rotatable bonds is 13. The van der Waals surface area contributed by atoms with Gasteiger partial charge in [0.05, 0.1) is 18.2 Å². The lowest BCUT2D eigenvalue weighted by atomic mass is 9.82. The third-order valence-corrected chi connectivity index (χ3v) is 6.73. The molecule has 1 aliphatic carbocycles. The molecule has 0 N–H and O–H groups in total. The third-order valence-electron chi connectivity index (χ3n) is 6.73. The molecular weight excluding hydrogens is 394 g/mol. The van der Waals surface area contributed by atoms with Crippen LogP contribution in [0.3, 0.4) is 0 Å². The van der Waals surface area contributed by atoms with Crippen LogP contribution >= 0.6 is 0 Å². The largest absolute Gasteiger partial charge is 0.493 e. The molecule has 32 heavy (non-hydrogen) atoms. The molecule has 1 aromatic heterocycles. The van der Waals surface area contributed by atoms with Crippen molar-refractivity contribution in [3.05, 3.63) is 53.6 Å². The van der Waals surface area contributed by atoms with Crippen molar-refractivity contribution in [2.24, 2.45) is 5.92 Å². The fraction of sp³-hybridized carbons (Fsp3) is 0.607. The molecule has 1 aromatic carbocycles. The summed E-state index contributed by atoms with van der Waals surface area (Å²) in [7, 11) is 0. The molecule has 0 saturated heterocycles. The lowest BCUT2D eigenvalue weighted by Crippen LogP contribution is -2.20. The number of hydrogen-bond acceptors (Lipinski definition) is 4. The first-order chi connectivity index (χ1) is 15.8. The van der Waals surface area contributed by atoms with Crippen LogP contribution in [0.5, 0.6) is 5.75 Å². The van der Waals surface area contributed by atoms with Crippen molar-refractivity contribution in [1.82, 2.24) is 9.97 Å². The molecule has 1 heterocycles. The lowest BCUT2D eigenvalue weighted by Gasteiger charge is -2.27. The van der Waals surface area contributed by atoms with Gasteiger partial charge in [0, 0.05) is 18.3 Å². The zero-order chi connectivity index (χ0) is 22.4. The quantitative estimate of drug-likeness (QED) is 0.309. The van der Waals surface area contributed by atoms with Gasteiger partial charge in [0.2, 0.25) is 0 Å². The maximum absolute atomic E-state index is 8.88. The van der Waals surface area contributed by atoms with Gasteiger partial charge in [-0.1, -0.05) is 51.9 Å². The molecule has 1 saturated carbocycles. The van der Waals surface area contributed by atoms with Gasteiger partial charge in [-0.25, -0.2) is 9.97 Å². The fourth-order valence-corrected chi connectivity index (χ4v) is 4.59. The second kappa shape index (κ2) is 13.9. The SMILES string of the molecule is CCCCCCCCCCc1cnc(C2CCC(COc3ccc(C#N)cc3)CC2)nc1. The standard InChI is InChI=1S/C28H39N3O/c1-2-3-4-5-6-7-8-9-10-25-20-30-28(31-21-25)26-15-11-24(12-16-26)22-32-27-17-13-23(19-29)14-18-27/h13-14,17-18,20-21,24,26H,2-12,15-16,22H2,1H3. The molecule has 0 bridgehead atoms. The first-order valence-corrected chi connectivity index (χ1v) is 12.7. The third kappa shape index (κ3) is 8.26. The zero-order valence-electron chi connectivity index (χ0n) is 19.8. The molecule has 0 unspecified atom stereocenters. The van der Waals surface area contributed by atoms with E-state index in [2.05, 4.69) is 25.4 Å². The Bertz CT molecular complexity index is 802. The molecule has 0 aliphatic heterocycles. The molecule has 3 rings (SSSR count). The highest BCUT2D eigenvalue weighted by Crippen LogP contribution is 2.34. The Morgan fingerprint density at radius 1 is 0.875 bits per heavy atom. The van der Waals surface area contributed by atoms with Crippen LogP contribution in [0, 0.1) is 17.2 Å². The van der Waals surface area contributed by atoms with Crippen molar-refractivity contribution in [2.75, 3.05) is 6.61 Å². The predicted molar refractivity (Wildman–Crippen MR) is 130 cm³/mol. The van der Waals surface area contributed by atoms with E-state index in [1.807, 2.05) is 24.3 Å². The van der Waals surface area contributed by atoms with E-state index in [1.54, 1.807) is 0 Å². The molecule has 0 amide bonds. The minimum absolute atomic E-state index is 0.485. The second-order valence-electron chi connectivity index (χ2n) is 9.34. The van der Waals surface area contributed by atoms with E-state index in [1.165, 1.54) is 56.9 Å². The Labute approximate surface area is 194 Å². The van der Waals surface area contributed by atoms with Crippen molar-refractivity contribution >= 4 is 0 Å². The van der Waals surface area contributed by atoms with E-state index in [0.29, 0.717) is 17.4 Å². The summed E-state index contributed by atoms with van der Waals surface area (Å²) in [5, 5.41) is 8.88. The molecule has 1 fully saturated rings. The summed E-state index contributed by atoms with van der Waals surface area (Å²) in [6.07, 6.45) is 20.6. The van der Waals surface area contributed by atoms with Gasteiger partial charge >= 0.3 is 0 Å². The van der Waals surface area contributed by atoms with E-state index >= 15 is 0 Å². The number of benzene rings is 1. The van der Waals surface area contributed by atoms with Crippen LogP contribution in [0.4, 0.5) is 0 Å².